The quantitative estimate of drug-likeness (QED) is 0.235. The van der Waals surface area contributed by atoms with Gasteiger partial charge in [-0.15, -0.1) is 24.8 Å². The highest BCUT2D eigenvalue weighted by Crippen LogP contribution is 2.35. The summed E-state index contributed by atoms with van der Waals surface area (Å²) >= 11 is 0. The van der Waals surface area contributed by atoms with Gasteiger partial charge >= 0.3 is 0 Å². The predicted molar refractivity (Wildman–Crippen MR) is 160 cm³/mol. The van der Waals surface area contributed by atoms with E-state index < -0.39 is 0 Å². The maximum atomic E-state index is 13.3. The van der Waals surface area contributed by atoms with Gasteiger partial charge in [-0.05, 0) is 53.8 Å². The van der Waals surface area contributed by atoms with Gasteiger partial charge in [-0.3, -0.25) is 9.59 Å². The van der Waals surface area contributed by atoms with Crippen LogP contribution in [0.5, 0.6) is 17.2 Å². The third-order valence-electron chi connectivity index (χ3n) is 6.33. The third-order valence-corrected chi connectivity index (χ3v) is 6.33. The van der Waals surface area contributed by atoms with Gasteiger partial charge in [-0.2, -0.15) is 0 Å². The lowest BCUT2D eigenvalue weighted by molar-refractivity contribution is -0.118. The molecule has 2 aromatic carbocycles. The highest BCUT2D eigenvalue weighted by Gasteiger charge is 2.18. The highest BCUT2D eigenvalue weighted by atomic mass is 35.5. The number of aromatic amines is 1. The second kappa shape index (κ2) is 13.9. The number of aromatic nitrogens is 2. The number of rotatable bonds is 10. The van der Waals surface area contributed by atoms with E-state index in [1.165, 1.54) is 6.92 Å². The predicted octanol–water partition coefficient (Wildman–Crippen LogP) is 4.65. The lowest BCUT2D eigenvalue weighted by Gasteiger charge is -2.16. The molecule has 0 aliphatic heterocycles. The fourth-order valence-electron chi connectivity index (χ4n) is 4.46. The van der Waals surface area contributed by atoms with Crippen LogP contribution in [0.4, 0.5) is 5.82 Å². The first kappa shape index (κ1) is 31.5. The number of halogens is 2. The van der Waals surface area contributed by atoms with Gasteiger partial charge in [0, 0.05) is 48.5 Å². The van der Waals surface area contributed by atoms with Gasteiger partial charge < -0.3 is 29.8 Å². The Morgan fingerprint density at radius 2 is 1.64 bits per heavy atom. The van der Waals surface area contributed by atoms with Gasteiger partial charge in [0.15, 0.2) is 11.5 Å². The van der Waals surface area contributed by atoms with Crippen LogP contribution in [0.1, 0.15) is 30.7 Å². The average molecular weight is 578 g/mol. The summed E-state index contributed by atoms with van der Waals surface area (Å²) in [6, 6.07) is 11.5. The number of nitrogens with one attached hydrogen (secondary N) is 3. The molecule has 39 heavy (non-hydrogen) atoms. The Hall–Kier alpha value is -3.69. The summed E-state index contributed by atoms with van der Waals surface area (Å²) in [5.74, 6) is 2.43. The standard InChI is InChI=1S/C28H32N4O5.2ClH/c1-6-23-21-15-26(37-5)25(36-4)14-20(21)22(28(34)32-23)13-18-11-17-12-19(35-3)7-8-24(17)31-27(18)30-10-9-29-16(2)33;;/h7-8,11-12,14-15H,6,9-10,13H2,1-5H3,(H,29,33)(H,30,31)(H,32,34);2*1H. The molecule has 0 aliphatic rings. The van der Waals surface area contributed by atoms with Crippen molar-refractivity contribution in [1.29, 1.82) is 0 Å². The molecule has 1 amide bonds. The second-order valence-electron chi connectivity index (χ2n) is 8.66. The first-order valence-electron chi connectivity index (χ1n) is 12.1. The number of amides is 1. The molecule has 0 aliphatic carbocycles. The van der Waals surface area contributed by atoms with Gasteiger partial charge in [0.1, 0.15) is 11.6 Å². The normalized spacial score (nSPS) is 10.4. The number of fused-ring (bicyclic) bond motifs is 2. The molecule has 210 valence electrons. The van der Waals surface area contributed by atoms with E-state index in [9.17, 15) is 9.59 Å². The summed E-state index contributed by atoms with van der Waals surface area (Å²) in [5, 5.41) is 8.71. The number of ether oxygens (including phenoxy) is 3. The highest BCUT2D eigenvalue weighted by molar-refractivity contribution is 5.91. The van der Waals surface area contributed by atoms with Crippen LogP contribution in [-0.4, -0.2) is 50.3 Å². The van der Waals surface area contributed by atoms with Crippen molar-refractivity contribution < 1.29 is 19.0 Å². The Bertz CT molecular complexity index is 1520. The molecule has 0 unspecified atom stereocenters. The molecule has 11 heteroatoms. The van der Waals surface area contributed by atoms with Gasteiger partial charge in [0.05, 0.1) is 26.8 Å². The summed E-state index contributed by atoms with van der Waals surface area (Å²) in [6.45, 7) is 4.41. The third kappa shape index (κ3) is 6.85. The number of aryl methyl sites for hydroxylation is 1. The van der Waals surface area contributed by atoms with Crippen LogP contribution < -0.4 is 30.4 Å². The van der Waals surface area contributed by atoms with Crippen LogP contribution in [0.3, 0.4) is 0 Å². The van der Waals surface area contributed by atoms with Crippen molar-refractivity contribution in [2.75, 3.05) is 39.7 Å². The molecular formula is C28H34Cl2N4O5. The minimum atomic E-state index is -0.161. The lowest BCUT2D eigenvalue weighted by Crippen LogP contribution is -2.26. The van der Waals surface area contributed by atoms with E-state index in [2.05, 4.69) is 15.6 Å². The SMILES string of the molecule is CCc1[nH]c(=O)c(Cc2cc3cc(OC)ccc3nc2NCCNC(C)=O)c2cc(OC)c(OC)cc12.Cl.Cl. The van der Waals surface area contributed by atoms with Crippen molar-refractivity contribution in [1.82, 2.24) is 15.3 Å². The van der Waals surface area contributed by atoms with Gasteiger partial charge in [-0.25, -0.2) is 4.98 Å². The van der Waals surface area contributed by atoms with Crippen LogP contribution in [0.25, 0.3) is 21.7 Å². The molecule has 3 N–H and O–H groups in total. The lowest BCUT2D eigenvalue weighted by atomic mass is 9.97. The van der Waals surface area contributed by atoms with Gasteiger partial charge in [0.2, 0.25) is 5.91 Å². The van der Waals surface area contributed by atoms with E-state index in [1.807, 2.05) is 43.3 Å². The number of methoxy groups -OCH3 is 3. The number of hydrogen-bond donors (Lipinski definition) is 3. The molecule has 0 spiro atoms. The maximum absolute atomic E-state index is 13.3. The number of anilines is 1. The smallest absolute Gasteiger partial charge is 0.252 e. The summed E-state index contributed by atoms with van der Waals surface area (Å²) < 4.78 is 16.5. The van der Waals surface area contributed by atoms with E-state index in [-0.39, 0.29) is 36.3 Å². The van der Waals surface area contributed by atoms with Crippen LogP contribution >= 0.6 is 24.8 Å². The number of benzene rings is 2. The molecule has 0 atom stereocenters. The zero-order chi connectivity index (χ0) is 26.5. The first-order chi connectivity index (χ1) is 17.9. The molecule has 0 radical (unpaired) electrons. The van der Waals surface area contributed by atoms with Gasteiger partial charge in [-0.1, -0.05) is 6.92 Å². The number of pyridine rings is 2. The summed E-state index contributed by atoms with van der Waals surface area (Å²) in [5.41, 5.74) is 2.90. The van der Waals surface area contributed by atoms with E-state index in [0.29, 0.717) is 48.8 Å². The number of carbonyl (C=O) groups excluding carboxylic acids is 1. The molecule has 4 rings (SSSR count). The molecule has 0 saturated carbocycles. The van der Waals surface area contributed by atoms with Crippen LogP contribution in [0.2, 0.25) is 0 Å². The van der Waals surface area contributed by atoms with E-state index in [0.717, 1.165) is 38.7 Å². The average Bonchev–Trinajstić information content (AvgIpc) is 2.91. The molecule has 4 aromatic rings. The Kier molecular flexibility index (Phi) is 11.2. The summed E-state index contributed by atoms with van der Waals surface area (Å²) in [6.07, 6.45) is 0.989. The number of nitrogens with zero attached hydrogens (tertiary/aromatic N) is 1. The van der Waals surface area contributed by atoms with E-state index in [4.69, 9.17) is 19.2 Å². The summed E-state index contributed by atoms with van der Waals surface area (Å²) in [4.78, 5) is 32.5. The molecular weight excluding hydrogens is 543 g/mol. The number of carbonyl (C=O) groups is 1. The zero-order valence-electron chi connectivity index (χ0n) is 22.6. The maximum Gasteiger partial charge on any atom is 0.252 e. The molecule has 2 aromatic heterocycles. The molecule has 9 nitrogen and oxygen atoms in total. The Morgan fingerprint density at radius 1 is 0.949 bits per heavy atom. The fraction of sp³-hybridized carbons (Fsp3) is 0.321. The van der Waals surface area contributed by atoms with Gasteiger partial charge in [0.25, 0.3) is 5.56 Å². The number of hydrogen-bond acceptors (Lipinski definition) is 7. The second-order valence-corrected chi connectivity index (χ2v) is 8.66. The molecule has 2 heterocycles. The molecule has 0 saturated heterocycles. The van der Waals surface area contributed by atoms with Crippen molar-refractivity contribution in [3.8, 4) is 17.2 Å². The fourth-order valence-corrected chi connectivity index (χ4v) is 4.46. The topological polar surface area (TPSA) is 115 Å². The zero-order valence-corrected chi connectivity index (χ0v) is 24.2. The van der Waals surface area contributed by atoms with Crippen LogP contribution in [-0.2, 0) is 17.6 Å². The van der Waals surface area contributed by atoms with E-state index in [1.54, 1.807) is 21.3 Å². The van der Waals surface area contributed by atoms with Crippen molar-refractivity contribution in [3.63, 3.8) is 0 Å². The van der Waals surface area contributed by atoms with E-state index >= 15 is 0 Å². The Morgan fingerprint density at radius 3 is 2.26 bits per heavy atom. The Balaban J connectivity index is 0.00000267. The largest absolute Gasteiger partial charge is 0.497 e. The minimum Gasteiger partial charge on any atom is -0.497 e. The van der Waals surface area contributed by atoms with Crippen molar-refractivity contribution in [2.45, 2.75) is 26.7 Å². The first-order valence-corrected chi connectivity index (χ1v) is 12.1. The van der Waals surface area contributed by atoms with Crippen molar-refractivity contribution >= 4 is 58.2 Å². The van der Waals surface area contributed by atoms with Crippen LogP contribution in [0, 0.1) is 0 Å². The molecule has 0 fully saturated rings. The Labute approximate surface area is 239 Å². The monoisotopic (exact) mass is 576 g/mol. The molecule has 0 bridgehead atoms. The van der Waals surface area contributed by atoms with Crippen LogP contribution in [0.15, 0.2) is 41.2 Å². The number of H-pyrrole nitrogens is 1. The minimum absolute atomic E-state index is 0. The van der Waals surface area contributed by atoms with Crippen molar-refractivity contribution in [2.24, 2.45) is 0 Å². The summed E-state index contributed by atoms with van der Waals surface area (Å²) in [7, 11) is 4.79. The van der Waals surface area contributed by atoms with Crippen molar-refractivity contribution in [3.05, 3.63) is 63.6 Å².